The molecule has 5 nitrogen and oxygen atoms in total. The lowest BCUT2D eigenvalue weighted by atomic mass is 10.1. The highest BCUT2D eigenvalue weighted by atomic mass is 35.5. The number of anilines is 1. The number of nitrogens with two attached hydrogens (primary N) is 1. The summed E-state index contributed by atoms with van der Waals surface area (Å²) in [7, 11) is 0. The van der Waals surface area contributed by atoms with Gasteiger partial charge in [-0.2, -0.15) is 12.6 Å². The number of primary amides is 1. The summed E-state index contributed by atoms with van der Waals surface area (Å²) in [4.78, 5) is 24.3. The first-order valence-corrected chi connectivity index (χ1v) is 9.00. The largest absolute Gasteiger partial charge is 0.506 e. The average Bonchev–Trinajstić information content (AvgIpc) is 2.97. The lowest BCUT2D eigenvalue weighted by Gasteiger charge is -2.05. The number of fused-ring (bicyclic) bond motifs is 1. The molecule has 1 aromatic heterocycles. The van der Waals surface area contributed by atoms with Crippen LogP contribution in [0, 0.1) is 0 Å². The van der Waals surface area contributed by atoms with Gasteiger partial charge in [-0.15, -0.1) is 11.3 Å². The third-order valence-corrected chi connectivity index (χ3v) is 5.65. The van der Waals surface area contributed by atoms with Gasteiger partial charge in [-0.1, -0.05) is 23.7 Å². The van der Waals surface area contributed by atoms with Gasteiger partial charge in [0.05, 0.1) is 10.3 Å². The Bertz CT molecular complexity index is 984. The molecule has 0 aliphatic heterocycles. The van der Waals surface area contributed by atoms with Crippen LogP contribution in [0.5, 0.6) is 5.75 Å². The van der Waals surface area contributed by atoms with Crippen LogP contribution in [0.25, 0.3) is 10.1 Å². The third-order valence-electron chi connectivity index (χ3n) is 3.65. The molecule has 1 heterocycles. The molecule has 128 valence electrons. The number of thiol groups is 1. The van der Waals surface area contributed by atoms with Crippen LogP contribution < -0.4 is 11.1 Å². The third kappa shape index (κ3) is 3.30. The lowest BCUT2D eigenvalue weighted by Crippen LogP contribution is -2.16. The van der Waals surface area contributed by atoms with Crippen LogP contribution in [-0.4, -0.2) is 16.9 Å². The second-order valence-corrected chi connectivity index (χ2v) is 6.97. The number of hydrogen-bond donors (Lipinski definition) is 4. The SMILES string of the molecule is NC(=O)c1c(NC(=O)c2ccc(CS)cc2)sc2c(Cl)c(O)ccc12. The van der Waals surface area contributed by atoms with E-state index in [0.29, 0.717) is 26.4 Å². The van der Waals surface area contributed by atoms with E-state index in [1.165, 1.54) is 6.07 Å². The summed E-state index contributed by atoms with van der Waals surface area (Å²) in [6.45, 7) is 0. The molecule has 0 saturated carbocycles. The molecule has 8 heteroatoms. The zero-order valence-electron chi connectivity index (χ0n) is 12.7. The molecule has 2 aromatic carbocycles. The van der Waals surface area contributed by atoms with E-state index in [-0.39, 0.29) is 22.2 Å². The number of aromatic hydroxyl groups is 1. The van der Waals surface area contributed by atoms with E-state index in [2.05, 4.69) is 17.9 Å². The van der Waals surface area contributed by atoms with E-state index in [1.807, 2.05) is 0 Å². The van der Waals surface area contributed by atoms with Gasteiger partial charge < -0.3 is 16.2 Å². The predicted octanol–water partition coefficient (Wildman–Crippen LogP) is 4.04. The van der Waals surface area contributed by atoms with Gasteiger partial charge in [-0.05, 0) is 29.8 Å². The summed E-state index contributed by atoms with van der Waals surface area (Å²) in [5, 5.41) is 13.3. The fourth-order valence-electron chi connectivity index (χ4n) is 2.39. The van der Waals surface area contributed by atoms with Crippen LogP contribution >= 0.6 is 35.6 Å². The molecule has 0 spiro atoms. The number of thiophene rings is 1. The van der Waals surface area contributed by atoms with Gasteiger partial charge in [0.2, 0.25) is 0 Å². The highest BCUT2D eigenvalue weighted by Gasteiger charge is 2.21. The summed E-state index contributed by atoms with van der Waals surface area (Å²) in [6, 6.07) is 9.89. The van der Waals surface area contributed by atoms with Crippen molar-refractivity contribution in [1.82, 2.24) is 0 Å². The number of phenols is 1. The number of nitrogens with one attached hydrogen (secondary N) is 1. The number of carbonyl (C=O) groups is 2. The van der Waals surface area contributed by atoms with Crippen molar-refractivity contribution in [3.05, 3.63) is 58.1 Å². The topological polar surface area (TPSA) is 92.4 Å². The maximum absolute atomic E-state index is 12.5. The molecule has 25 heavy (non-hydrogen) atoms. The molecule has 0 saturated heterocycles. The summed E-state index contributed by atoms with van der Waals surface area (Å²) in [5.41, 5.74) is 7.06. The second-order valence-electron chi connectivity index (χ2n) is 5.25. The van der Waals surface area contributed by atoms with E-state index in [0.717, 1.165) is 16.9 Å². The fraction of sp³-hybridized carbons (Fsp3) is 0.0588. The Morgan fingerprint density at radius 1 is 1.20 bits per heavy atom. The summed E-state index contributed by atoms with van der Waals surface area (Å²) in [6.07, 6.45) is 0. The molecule has 4 N–H and O–H groups in total. The molecule has 0 bridgehead atoms. The molecule has 0 unspecified atom stereocenters. The first kappa shape index (κ1) is 17.6. The van der Waals surface area contributed by atoms with Gasteiger partial charge >= 0.3 is 0 Å². The summed E-state index contributed by atoms with van der Waals surface area (Å²) >= 11 is 11.4. The van der Waals surface area contributed by atoms with Crippen molar-refractivity contribution >= 4 is 62.5 Å². The average molecular weight is 393 g/mol. The molecular formula is C17H13ClN2O3S2. The second kappa shape index (κ2) is 6.95. The Labute approximate surface area is 157 Å². The first-order chi connectivity index (χ1) is 11.9. The Morgan fingerprint density at radius 3 is 2.48 bits per heavy atom. The van der Waals surface area contributed by atoms with Crippen molar-refractivity contribution < 1.29 is 14.7 Å². The van der Waals surface area contributed by atoms with E-state index in [9.17, 15) is 14.7 Å². The van der Waals surface area contributed by atoms with Gasteiger partial charge in [0.25, 0.3) is 11.8 Å². The molecule has 0 aliphatic rings. The number of phenolic OH excluding ortho intramolecular Hbond substituents is 1. The van der Waals surface area contributed by atoms with Gasteiger partial charge in [-0.25, -0.2) is 0 Å². The van der Waals surface area contributed by atoms with Gasteiger partial charge in [0.15, 0.2) is 0 Å². The minimum absolute atomic E-state index is 0.105. The molecule has 0 aliphatic carbocycles. The van der Waals surface area contributed by atoms with E-state index < -0.39 is 5.91 Å². The quantitative estimate of drug-likeness (QED) is 0.505. The maximum atomic E-state index is 12.5. The smallest absolute Gasteiger partial charge is 0.256 e. The van der Waals surface area contributed by atoms with E-state index in [1.54, 1.807) is 30.3 Å². The van der Waals surface area contributed by atoms with E-state index in [4.69, 9.17) is 17.3 Å². The highest BCUT2D eigenvalue weighted by Crippen LogP contribution is 2.42. The normalized spacial score (nSPS) is 10.8. The minimum Gasteiger partial charge on any atom is -0.506 e. The zero-order valence-corrected chi connectivity index (χ0v) is 15.2. The Balaban J connectivity index is 2.02. The molecular weight excluding hydrogens is 380 g/mol. The zero-order chi connectivity index (χ0) is 18.1. The standard InChI is InChI=1S/C17H13ClN2O3S2/c18-13-11(21)6-5-10-12(15(19)22)17(25-14(10)13)20-16(23)9-3-1-8(7-24)2-4-9/h1-6,21,24H,7H2,(H2,19,22)(H,20,23). The number of rotatable bonds is 4. The number of benzene rings is 2. The van der Waals surface area contributed by atoms with E-state index >= 15 is 0 Å². The first-order valence-electron chi connectivity index (χ1n) is 7.17. The van der Waals surface area contributed by atoms with Crippen LogP contribution in [-0.2, 0) is 5.75 Å². The highest BCUT2D eigenvalue weighted by molar-refractivity contribution is 7.79. The number of halogens is 1. The van der Waals surface area contributed by atoms with Crippen molar-refractivity contribution in [3.63, 3.8) is 0 Å². The molecule has 0 atom stereocenters. The Morgan fingerprint density at radius 2 is 1.88 bits per heavy atom. The molecule has 3 aromatic rings. The summed E-state index contributed by atoms with van der Waals surface area (Å²) in [5.74, 6) is -0.591. The van der Waals surface area contributed by atoms with Crippen LogP contribution in [0.2, 0.25) is 5.02 Å². The molecule has 2 amide bonds. The monoisotopic (exact) mass is 392 g/mol. The van der Waals surface area contributed by atoms with Crippen molar-refractivity contribution in [3.8, 4) is 5.75 Å². The minimum atomic E-state index is -0.686. The van der Waals surface area contributed by atoms with Crippen LogP contribution in [0.3, 0.4) is 0 Å². The number of carbonyl (C=O) groups excluding carboxylic acids is 2. The summed E-state index contributed by atoms with van der Waals surface area (Å²) < 4.78 is 0.483. The number of amides is 2. The van der Waals surface area contributed by atoms with Crippen LogP contribution in [0.15, 0.2) is 36.4 Å². The van der Waals surface area contributed by atoms with Gasteiger partial charge in [0, 0.05) is 16.7 Å². The predicted molar refractivity (Wildman–Crippen MR) is 104 cm³/mol. The van der Waals surface area contributed by atoms with Gasteiger partial charge in [-0.3, -0.25) is 9.59 Å². The van der Waals surface area contributed by atoms with Crippen molar-refractivity contribution in [1.29, 1.82) is 0 Å². The lowest BCUT2D eigenvalue weighted by molar-refractivity contribution is 0.100. The Hall–Kier alpha value is -2.22. The molecule has 0 radical (unpaired) electrons. The Kier molecular flexibility index (Phi) is 4.89. The van der Waals surface area contributed by atoms with Crippen molar-refractivity contribution in [2.75, 3.05) is 5.32 Å². The molecule has 0 fully saturated rings. The van der Waals surface area contributed by atoms with Crippen LogP contribution in [0.4, 0.5) is 5.00 Å². The molecule has 3 rings (SSSR count). The fourth-order valence-corrected chi connectivity index (χ4v) is 4.01. The van der Waals surface area contributed by atoms with Gasteiger partial charge in [0.1, 0.15) is 15.8 Å². The maximum Gasteiger partial charge on any atom is 0.256 e. The van der Waals surface area contributed by atoms with Crippen LogP contribution in [0.1, 0.15) is 26.3 Å². The number of hydrogen-bond acceptors (Lipinski definition) is 5. The van der Waals surface area contributed by atoms with Crippen molar-refractivity contribution in [2.24, 2.45) is 5.73 Å². The van der Waals surface area contributed by atoms with Crippen molar-refractivity contribution in [2.45, 2.75) is 5.75 Å².